The molecule has 0 radical (unpaired) electrons. The predicted molar refractivity (Wildman–Crippen MR) is 78.7 cm³/mol. The van der Waals surface area contributed by atoms with E-state index < -0.39 is 0 Å². The summed E-state index contributed by atoms with van der Waals surface area (Å²) in [6.45, 7) is 7.27. The molecule has 0 aromatic heterocycles. The van der Waals surface area contributed by atoms with E-state index in [0.717, 1.165) is 17.9 Å². The van der Waals surface area contributed by atoms with Crippen molar-refractivity contribution in [3.8, 4) is 0 Å². The molecule has 1 aromatic carbocycles. The standard InChI is InChI=1S/C15H24FNS/c1-4-6-7-10-18-15-9-8-13(16)11-14(15)12(3)17-5-2/h8-9,11-12,17H,4-7,10H2,1-3H3. The van der Waals surface area contributed by atoms with Gasteiger partial charge in [-0.25, -0.2) is 4.39 Å². The molecular formula is C15H24FNS. The first kappa shape index (κ1) is 15.5. The highest BCUT2D eigenvalue weighted by molar-refractivity contribution is 7.99. The minimum Gasteiger partial charge on any atom is -0.310 e. The van der Waals surface area contributed by atoms with Crippen LogP contribution in [0.3, 0.4) is 0 Å². The van der Waals surface area contributed by atoms with Crippen LogP contribution in [0.25, 0.3) is 0 Å². The number of halogens is 1. The second-order valence-electron chi connectivity index (χ2n) is 4.52. The quantitative estimate of drug-likeness (QED) is 0.538. The van der Waals surface area contributed by atoms with Gasteiger partial charge in [0.1, 0.15) is 5.82 Å². The van der Waals surface area contributed by atoms with Crippen LogP contribution in [0, 0.1) is 5.82 Å². The van der Waals surface area contributed by atoms with Gasteiger partial charge in [0, 0.05) is 10.9 Å². The first-order chi connectivity index (χ1) is 8.69. The van der Waals surface area contributed by atoms with E-state index in [9.17, 15) is 4.39 Å². The van der Waals surface area contributed by atoms with Crippen LogP contribution in [0.15, 0.2) is 23.1 Å². The number of hydrogen-bond donors (Lipinski definition) is 1. The molecule has 3 heteroatoms. The average molecular weight is 269 g/mol. The summed E-state index contributed by atoms with van der Waals surface area (Å²) < 4.78 is 13.4. The molecular weight excluding hydrogens is 245 g/mol. The van der Waals surface area contributed by atoms with E-state index in [1.54, 1.807) is 12.1 Å². The summed E-state index contributed by atoms with van der Waals surface area (Å²) in [5, 5.41) is 3.35. The molecule has 0 saturated carbocycles. The van der Waals surface area contributed by atoms with Gasteiger partial charge < -0.3 is 5.32 Å². The molecule has 0 aliphatic rings. The van der Waals surface area contributed by atoms with Crippen molar-refractivity contribution in [3.05, 3.63) is 29.6 Å². The van der Waals surface area contributed by atoms with Crippen LogP contribution < -0.4 is 5.32 Å². The van der Waals surface area contributed by atoms with Crippen molar-refractivity contribution in [3.63, 3.8) is 0 Å². The smallest absolute Gasteiger partial charge is 0.123 e. The Kier molecular flexibility index (Phi) is 7.36. The molecule has 18 heavy (non-hydrogen) atoms. The van der Waals surface area contributed by atoms with Gasteiger partial charge in [-0.3, -0.25) is 0 Å². The Morgan fingerprint density at radius 2 is 2.06 bits per heavy atom. The normalized spacial score (nSPS) is 12.7. The lowest BCUT2D eigenvalue weighted by Gasteiger charge is -2.17. The molecule has 1 atom stereocenters. The van der Waals surface area contributed by atoms with Crippen LogP contribution in [-0.4, -0.2) is 12.3 Å². The fourth-order valence-electron chi connectivity index (χ4n) is 1.94. The monoisotopic (exact) mass is 269 g/mol. The Morgan fingerprint density at radius 1 is 1.28 bits per heavy atom. The van der Waals surface area contributed by atoms with E-state index in [1.807, 2.05) is 17.8 Å². The Balaban J connectivity index is 2.70. The molecule has 0 heterocycles. The van der Waals surface area contributed by atoms with Crippen molar-refractivity contribution < 1.29 is 4.39 Å². The molecule has 0 saturated heterocycles. The van der Waals surface area contributed by atoms with Crippen molar-refractivity contribution in [1.29, 1.82) is 0 Å². The summed E-state index contributed by atoms with van der Waals surface area (Å²) in [5.74, 6) is 0.971. The van der Waals surface area contributed by atoms with Crippen molar-refractivity contribution in [2.75, 3.05) is 12.3 Å². The lowest BCUT2D eigenvalue weighted by molar-refractivity contribution is 0.574. The first-order valence-electron chi connectivity index (χ1n) is 6.84. The van der Waals surface area contributed by atoms with Gasteiger partial charge in [0.05, 0.1) is 0 Å². The second-order valence-corrected chi connectivity index (χ2v) is 5.65. The van der Waals surface area contributed by atoms with Crippen molar-refractivity contribution >= 4 is 11.8 Å². The van der Waals surface area contributed by atoms with Crippen LogP contribution in [0.1, 0.15) is 51.6 Å². The van der Waals surface area contributed by atoms with Crippen LogP contribution in [0.4, 0.5) is 4.39 Å². The number of benzene rings is 1. The molecule has 0 aliphatic heterocycles. The van der Waals surface area contributed by atoms with Crippen LogP contribution in [-0.2, 0) is 0 Å². The molecule has 0 bridgehead atoms. The van der Waals surface area contributed by atoms with E-state index in [0.29, 0.717) is 0 Å². The van der Waals surface area contributed by atoms with Crippen molar-refractivity contribution in [1.82, 2.24) is 5.32 Å². The highest BCUT2D eigenvalue weighted by atomic mass is 32.2. The van der Waals surface area contributed by atoms with Crippen LogP contribution >= 0.6 is 11.8 Å². The molecule has 1 unspecified atom stereocenters. The fraction of sp³-hybridized carbons (Fsp3) is 0.600. The van der Waals surface area contributed by atoms with Gasteiger partial charge in [-0.2, -0.15) is 0 Å². The topological polar surface area (TPSA) is 12.0 Å². The molecule has 0 aliphatic carbocycles. The summed E-state index contributed by atoms with van der Waals surface area (Å²) >= 11 is 1.84. The van der Waals surface area contributed by atoms with Crippen molar-refractivity contribution in [2.24, 2.45) is 0 Å². The average Bonchev–Trinajstić information content (AvgIpc) is 2.36. The van der Waals surface area contributed by atoms with Crippen LogP contribution in [0.5, 0.6) is 0 Å². The molecule has 0 amide bonds. The molecule has 1 aromatic rings. The van der Waals surface area contributed by atoms with E-state index in [2.05, 4.69) is 26.1 Å². The zero-order valence-electron chi connectivity index (χ0n) is 11.6. The fourth-order valence-corrected chi connectivity index (χ4v) is 3.07. The maximum atomic E-state index is 13.4. The summed E-state index contributed by atoms with van der Waals surface area (Å²) in [5.41, 5.74) is 1.08. The molecule has 1 rings (SSSR count). The SMILES string of the molecule is CCCCCSc1ccc(F)cc1C(C)NCC. The maximum absolute atomic E-state index is 13.4. The lowest BCUT2D eigenvalue weighted by Crippen LogP contribution is -2.18. The van der Waals surface area contributed by atoms with Gasteiger partial charge in [0.25, 0.3) is 0 Å². The molecule has 1 nitrogen and oxygen atoms in total. The Hall–Kier alpha value is -0.540. The van der Waals surface area contributed by atoms with Gasteiger partial charge in [0.2, 0.25) is 0 Å². The lowest BCUT2D eigenvalue weighted by atomic mass is 10.1. The van der Waals surface area contributed by atoms with Gasteiger partial charge in [-0.05, 0) is 49.4 Å². The molecule has 0 fully saturated rings. The molecule has 102 valence electrons. The zero-order valence-corrected chi connectivity index (χ0v) is 12.4. The Labute approximate surface area is 115 Å². The number of hydrogen-bond acceptors (Lipinski definition) is 2. The minimum atomic E-state index is -0.146. The van der Waals surface area contributed by atoms with Gasteiger partial charge in [-0.15, -0.1) is 11.8 Å². The van der Waals surface area contributed by atoms with E-state index in [4.69, 9.17) is 0 Å². The number of unbranched alkanes of at least 4 members (excludes halogenated alkanes) is 2. The highest BCUT2D eigenvalue weighted by Crippen LogP contribution is 2.29. The zero-order chi connectivity index (χ0) is 13.4. The summed E-state index contributed by atoms with van der Waals surface area (Å²) in [7, 11) is 0. The van der Waals surface area contributed by atoms with E-state index in [-0.39, 0.29) is 11.9 Å². The van der Waals surface area contributed by atoms with E-state index >= 15 is 0 Å². The summed E-state index contributed by atoms with van der Waals surface area (Å²) in [4.78, 5) is 1.21. The second kappa shape index (κ2) is 8.54. The first-order valence-corrected chi connectivity index (χ1v) is 7.83. The maximum Gasteiger partial charge on any atom is 0.123 e. The Bertz CT molecular complexity index is 354. The number of thioether (sulfide) groups is 1. The third-order valence-electron chi connectivity index (χ3n) is 2.95. The Morgan fingerprint density at radius 3 is 2.72 bits per heavy atom. The number of rotatable bonds is 8. The van der Waals surface area contributed by atoms with Gasteiger partial charge in [0.15, 0.2) is 0 Å². The van der Waals surface area contributed by atoms with Crippen molar-refractivity contribution in [2.45, 2.75) is 51.0 Å². The predicted octanol–water partition coefficient (Wildman–Crippen LogP) is 4.78. The largest absolute Gasteiger partial charge is 0.310 e. The molecule has 1 N–H and O–H groups in total. The number of nitrogens with one attached hydrogen (secondary N) is 1. The molecule has 0 spiro atoms. The van der Waals surface area contributed by atoms with Gasteiger partial charge in [-0.1, -0.05) is 26.7 Å². The third-order valence-corrected chi connectivity index (χ3v) is 4.13. The van der Waals surface area contributed by atoms with Gasteiger partial charge >= 0.3 is 0 Å². The summed E-state index contributed by atoms with van der Waals surface area (Å²) in [6, 6.07) is 5.34. The van der Waals surface area contributed by atoms with E-state index in [1.165, 1.54) is 24.2 Å². The highest BCUT2D eigenvalue weighted by Gasteiger charge is 2.11. The third kappa shape index (κ3) is 4.99. The summed E-state index contributed by atoms with van der Waals surface area (Å²) in [6.07, 6.45) is 3.74. The minimum absolute atomic E-state index is 0.146. The van der Waals surface area contributed by atoms with Crippen LogP contribution in [0.2, 0.25) is 0 Å².